The van der Waals surface area contributed by atoms with Gasteiger partial charge in [-0.15, -0.1) is 11.8 Å². The van der Waals surface area contributed by atoms with Crippen LogP contribution in [0.1, 0.15) is 37.5 Å². The van der Waals surface area contributed by atoms with Gasteiger partial charge in [-0.3, -0.25) is 4.79 Å². The van der Waals surface area contributed by atoms with E-state index in [9.17, 15) is 4.79 Å². The zero-order valence-corrected chi connectivity index (χ0v) is 15.9. The van der Waals surface area contributed by atoms with Gasteiger partial charge < -0.3 is 9.32 Å². The monoisotopic (exact) mass is 371 g/mol. The fourth-order valence-electron chi connectivity index (χ4n) is 2.82. The predicted octanol–water partition coefficient (Wildman–Crippen LogP) is 4.04. The zero-order chi connectivity index (χ0) is 18.2. The van der Waals surface area contributed by atoms with Gasteiger partial charge in [0.25, 0.3) is 5.91 Å². The molecule has 2 aromatic rings. The van der Waals surface area contributed by atoms with Gasteiger partial charge in [-0.05, 0) is 37.8 Å². The SMILES string of the molecule is C[C@@H](SCc1ccccc1)C(=O)N/N=C\c1ccc(N2CCCCC2)o1. The molecule has 3 rings (SSSR count). The first kappa shape index (κ1) is 18.6. The number of amides is 1. The zero-order valence-electron chi connectivity index (χ0n) is 15.1. The Bertz CT molecular complexity index is 724. The van der Waals surface area contributed by atoms with Crippen molar-refractivity contribution < 1.29 is 9.21 Å². The maximum Gasteiger partial charge on any atom is 0.252 e. The molecular weight excluding hydrogens is 346 g/mol. The van der Waals surface area contributed by atoms with E-state index >= 15 is 0 Å². The second-order valence-electron chi connectivity index (χ2n) is 6.40. The van der Waals surface area contributed by atoms with Crippen LogP contribution >= 0.6 is 11.8 Å². The predicted molar refractivity (Wildman–Crippen MR) is 108 cm³/mol. The topological polar surface area (TPSA) is 57.8 Å². The van der Waals surface area contributed by atoms with Crippen LogP contribution in [0.2, 0.25) is 0 Å². The highest BCUT2D eigenvalue weighted by Gasteiger charge is 2.14. The molecule has 1 fully saturated rings. The number of hydrazone groups is 1. The van der Waals surface area contributed by atoms with Gasteiger partial charge in [0.05, 0.1) is 11.5 Å². The molecule has 26 heavy (non-hydrogen) atoms. The smallest absolute Gasteiger partial charge is 0.252 e. The highest BCUT2D eigenvalue weighted by atomic mass is 32.2. The van der Waals surface area contributed by atoms with E-state index in [1.54, 1.807) is 18.0 Å². The van der Waals surface area contributed by atoms with E-state index in [1.165, 1.54) is 24.8 Å². The van der Waals surface area contributed by atoms with Crippen LogP contribution in [0.5, 0.6) is 0 Å². The second-order valence-corrected chi connectivity index (χ2v) is 7.73. The highest BCUT2D eigenvalue weighted by Crippen LogP contribution is 2.22. The van der Waals surface area contributed by atoms with E-state index < -0.39 is 0 Å². The summed E-state index contributed by atoms with van der Waals surface area (Å²) in [5.74, 6) is 2.22. The maximum absolute atomic E-state index is 12.1. The second kappa shape index (κ2) is 9.48. The Balaban J connectivity index is 1.44. The maximum atomic E-state index is 12.1. The van der Waals surface area contributed by atoms with Crippen LogP contribution in [0.25, 0.3) is 0 Å². The van der Waals surface area contributed by atoms with Crippen LogP contribution in [-0.4, -0.2) is 30.5 Å². The van der Waals surface area contributed by atoms with Crippen LogP contribution in [0.3, 0.4) is 0 Å². The summed E-state index contributed by atoms with van der Waals surface area (Å²) in [5.41, 5.74) is 3.80. The molecule has 138 valence electrons. The van der Waals surface area contributed by atoms with Crippen molar-refractivity contribution in [2.45, 2.75) is 37.2 Å². The Morgan fingerprint density at radius 2 is 2.00 bits per heavy atom. The number of nitrogens with one attached hydrogen (secondary N) is 1. The minimum absolute atomic E-state index is 0.106. The van der Waals surface area contributed by atoms with Gasteiger partial charge in [0, 0.05) is 24.9 Å². The third-order valence-corrected chi connectivity index (χ3v) is 5.57. The third-order valence-electron chi connectivity index (χ3n) is 4.36. The van der Waals surface area contributed by atoms with Gasteiger partial charge in [-0.2, -0.15) is 5.10 Å². The van der Waals surface area contributed by atoms with Crippen LogP contribution in [-0.2, 0) is 10.5 Å². The Labute approximate surface area is 158 Å². The van der Waals surface area contributed by atoms with E-state index in [4.69, 9.17) is 4.42 Å². The summed E-state index contributed by atoms with van der Waals surface area (Å²) in [6.45, 7) is 3.97. The van der Waals surface area contributed by atoms with Gasteiger partial charge in [0.2, 0.25) is 0 Å². The molecule has 2 heterocycles. The summed E-state index contributed by atoms with van der Waals surface area (Å²) in [7, 11) is 0. The van der Waals surface area contributed by atoms with E-state index in [0.29, 0.717) is 5.76 Å². The number of benzene rings is 1. The number of carbonyl (C=O) groups excluding carboxylic acids is 1. The van der Waals surface area contributed by atoms with Gasteiger partial charge in [0.15, 0.2) is 5.88 Å². The standard InChI is InChI=1S/C20H25N3O2S/c1-16(26-15-17-8-4-2-5-9-17)20(24)22-21-14-18-10-11-19(25-18)23-12-6-3-7-13-23/h2,4-5,8-11,14,16H,3,6-7,12-13,15H2,1H3,(H,22,24)/b21-14-/t16-/m1/s1. The molecule has 1 atom stereocenters. The van der Waals surface area contributed by atoms with Crippen LogP contribution in [0, 0.1) is 0 Å². The lowest BCUT2D eigenvalue weighted by atomic mass is 10.1. The molecule has 0 spiro atoms. The first-order valence-electron chi connectivity index (χ1n) is 9.05. The minimum atomic E-state index is -0.173. The highest BCUT2D eigenvalue weighted by molar-refractivity contribution is 7.99. The molecule has 1 aliphatic rings. The number of nitrogens with zero attached hydrogens (tertiary/aromatic N) is 2. The Hall–Kier alpha value is -2.21. The van der Waals surface area contributed by atoms with Crippen molar-refractivity contribution in [3.8, 4) is 0 Å². The molecule has 1 saturated heterocycles. The molecule has 0 bridgehead atoms. The van der Waals surface area contributed by atoms with Crippen molar-refractivity contribution in [1.82, 2.24) is 5.43 Å². The normalized spacial score (nSPS) is 16.0. The Morgan fingerprint density at radius 1 is 1.23 bits per heavy atom. The van der Waals surface area contributed by atoms with E-state index in [2.05, 4.69) is 27.6 Å². The molecule has 5 nitrogen and oxygen atoms in total. The molecule has 0 saturated carbocycles. The summed E-state index contributed by atoms with van der Waals surface area (Å²) in [5, 5.41) is 3.85. The van der Waals surface area contributed by atoms with Gasteiger partial charge in [0.1, 0.15) is 5.76 Å². The number of carbonyl (C=O) groups is 1. The minimum Gasteiger partial charge on any atom is -0.440 e. The Morgan fingerprint density at radius 3 is 2.77 bits per heavy atom. The third kappa shape index (κ3) is 5.39. The van der Waals surface area contributed by atoms with Crippen molar-refractivity contribution in [2.24, 2.45) is 5.10 Å². The van der Waals surface area contributed by atoms with E-state index in [-0.39, 0.29) is 11.2 Å². The average Bonchev–Trinajstić information content (AvgIpc) is 3.16. The molecule has 1 aliphatic heterocycles. The lowest BCUT2D eigenvalue weighted by Gasteiger charge is -2.25. The number of anilines is 1. The lowest BCUT2D eigenvalue weighted by Crippen LogP contribution is -2.28. The number of rotatable bonds is 7. The van der Waals surface area contributed by atoms with E-state index in [1.807, 2.05) is 37.3 Å². The molecule has 0 unspecified atom stereocenters. The first-order chi connectivity index (χ1) is 12.7. The summed E-state index contributed by atoms with van der Waals surface area (Å²) in [4.78, 5) is 14.4. The lowest BCUT2D eigenvalue weighted by molar-refractivity contribution is -0.120. The fourth-order valence-corrected chi connectivity index (χ4v) is 3.66. The largest absolute Gasteiger partial charge is 0.440 e. The summed E-state index contributed by atoms with van der Waals surface area (Å²) < 4.78 is 5.79. The van der Waals surface area contributed by atoms with E-state index in [0.717, 1.165) is 24.7 Å². The van der Waals surface area contributed by atoms with Gasteiger partial charge >= 0.3 is 0 Å². The number of hydrogen-bond acceptors (Lipinski definition) is 5. The summed E-state index contributed by atoms with van der Waals surface area (Å²) in [6.07, 6.45) is 5.26. The molecule has 0 radical (unpaired) electrons. The fraction of sp³-hybridized carbons (Fsp3) is 0.400. The van der Waals surface area contributed by atoms with Crippen LogP contribution < -0.4 is 10.3 Å². The molecular formula is C20H25N3O2S. The molecule has 1 amide bonds. The average molecular weight is 372 g/mol. The first-order valence-corrected chi connectivity index (χ1v) is 10.1. The van der Waals surface area contributed by atoms with Crippen molar-refractivity contribution in [3.63, 3.8) is 0 Å². The number of piperidine rings is 1. The number of furan rings is 1. The summed E-state index contributed by atoms with van der Waals surface area (Å²) >= 11 is 1.59. The molecule has 0 aliphatic carbocycles. The van der Waals surface area contributed by atoms with Crippen LogP contribution in [0.15, 0.2) is 52.0 Å². The molecule has 6 heteroatoms. The van der Waals surface area contributed by atoms with Crippen molar-refractivity contribution >= 4 is 29.8 Å². The van der Waals surface area contributed by atoms with Crippen molar-refractivity contribution in [3.05, 3.63) is 53.8 Å². The molecule has 1 aromatic carbocycles. The quantitative estimate of drug-likeness (QED) is 0.589. The van der Waals surface area contributed by atoms with Crippen molar-refractivity contribution in [2.75, 3.05) is 18.0 Å². The van der Waals surface area contributed by atoms with Gasteiger partial charge in [-0.25, -0.2) is 5.43 Å². The molecule has 1 N–H and O–H groups in total. The Kier molecular flexibility index (Phi) is 6.77. The molecule has 1 aromatic heterocycles. The van der Waals surface area contributed by atoms with Crippen molar-refractivity contribution in [1.29, 1.82) is 0 Å². The van der Waals surface area contributed by atoms with Gasteiger partial charge in [-0.1, -0.05) is 30.3 Å². The summed E-state index contributed by atoms with van der Waals surface area (Å²) in [6, 6.07) is 14.0. The van der Waals surface area contributed by atoms with Crippen LogP contribution in [0.4, 0.5) is 5.88 Å². The number of thioether (sulfide) groups is 1. The number of hydrogen-bond donors (Lipinski definition) is 1.